The Morgan fingerprint density at radius 2 is 0.704 bits per heavy atom. The van der Waals surface area contributed by atoms with Crippen LogP contribution in [-0.2, 0) is 0 Å². The Hall–Kier alpha value is -2.06. The lowest BCUT2D eigenvalue weighted by Crippen LogP contribution is -3.00. The number of hydrogen-bond acceptors (Lipinski definition) is 0. The number of para-hydroxylation sites is 2. The molecule has 3 heteroatoms. The topological polar surface area (TPSA) is 8.81 Å². The van der Waals surface area contributed by atoms with Crippen molar-refractivity contribution < 1.29 is 17.0 Å². The van der Waals surface area contributed by atoms with Gasteiger partial charge in [-0.2, -0.15) is 0 Å². The van der Waals surface area contributed by atoms with Crippen LogP contribution in [0.4, 0.5) is 0 Å². The molecule has 306 valence electrons. The molecule has 0 aliphatic heterocycles. The van der Waals surface area contributed by atoms with Gasteiger partial charge in [0.05, 0.1) is 0 Å². The predicted molar refractivity (Wildman–Crippen MR) is 234 cm³/mol. The fourth-order valence-electron chi connectivity index (χ4n) is 9.12. The quantitative estimate of drug-likeness (QED) is 0.0598. The molecule has 0 fully saturated rings. The monoisotopic (exact) mass is 761 g/mol. The summed E-state index contributed by atoms with van der Waals surface area (Å²) >= 11 is 0. The minimum atomic E-state index is 0. The Morgan fingerprint density at radius 1 is 0.426 bits per heavy atom. The highest BCUT2D eigenvalue weighted by Crippen LogP contribution is 2.41. The average Bonchev–Trinajstić information content (AvgIpc) is 3.67. The van der Waals surface area contributed by atoms with Crippen LogP contribution >= 0.6 is 0 Å². The van der Waals surface area contributed by atoms with E-state index in [2.05, 4.69) is 120 Å². The van der Waals surface area contributed by atoms with Gasteiger partial charge < -0.3 is 12.4 Å². The van der Waals surface area contributed by atoms with Crippen molar-refractivity contribution in [3.8, 4) is 11.4 Å². The molecule has 3 rings (SSSR count). The van der Waals surface area contributed by atoms with Crippen molar-refractivity contribution in [2.75, 3.05) is 0 Å². The molecule has 1 heterocycles. The molecule has 0 unspecified atom stereocenters. The Kier molecular flexibility index (Phi) is 25.2. The van der Waals surface area contributed by atoms with Crippen molar-refractivity contribution in [3.63, 3.8) is 0 Å². The van der Waals surface area contributed by atoms with Gasteiger partial charge in [-0.25, -0.2) is 9.13 Å². The highest BCUT2D eigenvalue weighted by atomic mass is 35.5. The molecule has 0 atom stereocenters. The zero-order valence-corrected chi connectivity index (χ0v) is 37.5. The first-order chi connectivity index (χ1) is 26.0. The fraction of sp³-hybridized carbons (Fsp3) is 0.706. The number of imidazole rings is 1. The minimum absolute atomic E-state index is 0. The average molecular weight is 762 g/mol. The molecule has 1 aromatic heterocycles. The zero-order valence-electron chi connectivity index (χ0n) is 36.7. The standard InChI is InChI=1S/C51H85N2.ClH/c1-9-17-27-42(28-18-10-2)46-35-25-36-47(43(29-19-11-3)30-20-12-4)50(46)52-39-40-53(41-52)51-48(44(31-21-13-5)32-22-14-6)37-26-38-49(51)45(33-23-15-7)34-24-16-8;/h25-26,35-45H,9-24,27-34H2,1-8H3;1H/q+1;/p-1. The van der Waals surface area contributed by atoms with Crippen LogP contribution in [0.25, 0.3) is 11.4 Å². The lowest BCUT2D eigenvalue weighted by atomic mass is 9.82. The second kappa shape index (κ2) is 28.4. The lowest BCUT2D eigenvalue weighted by molar-refractivity contribution is -0.596. The molecule has 3 aromatic rings. The van der Waals surface area contributed by atoms with E-state index in [1.54, 1.807) is 22.3 Å². The van der Waals surface area contributed by atoms with Crippen LogP contribution < -0.4 is 17.0 Å². The third kappa shape index (κ3) is 14.5. The normalized spacial score (nSPS) is 11.8. The summed E-state index contributed by atoms with van der Waals surface area (Å²) in [5.41, 5.74) is 9.44. The first-order valence-electron chi connectivity index (χ1n) is 23.4. The molecule has 54 heavy (non-hydrogen) atoms. The summed E-state index contributed by atoms with van der Waals surface area (Å²) in [4.78, 5) is 0. The number of aromatic nitrogens is 2. The summed E-state index contributed by atoms with van der Waals surface area (Å²) in [6, 6.07) is 14.9. The Labute approximate surface area is 342 Å². The van der Waals surface area contributed by atoms with Gasteiger partial charge in [-0.15, -0.1) is 0 Å². The van der Waals surface area contributed by atoms with Crippen LogP contribution in [-0.4, -0.2) is 4.57 Å². The van der Waals surface area contributed by atoms with Gasteiger partial charge in [0.25, 0.3) is 6.33 Å². The van der Waals surface area contributed by atoms with E-state index >= 15 is 0 Å². The first kappa shape index (κ1) is 48.1. The number of unbranched alkanes of at least 4 members (excludes halogenated alkanes) is 8. The van der Waals surface area contributed by atoms with E-state index < -0.39 is 0 Å². The molecule has 0 amide bonds. The molecule has 2 aromatic carbocycles. The number of rotatable bonds is 30. The number of halogens is 1. The van der Waals surface area contributed by atoms with Crippen LogP contribution in [0.2, 0.25) is 0 Å². The van der Waals surface area contributed by atoms with Gasteiger partial charge in [-0.05, 0) is 75.0 Å². The van der Waals surface area contributed by atoms with Gasteiger partial charge in [-0.1, -0.05) is 195 Å². The van der Waals surface area contributed by atoms with Gasteiger partial charge in [0.15, 0.2) is 0 Å². The lowest BCUT2D eigenvalue weighted by Gasteiger charge is -2.25. The van der Waals surface area contributed by atoms with E-state index in [0.717, 1.165) is 0 Å². The molecule has 2 nitrogen and oxygen atoms in total. The maximum atomic E-state index is 2.60. The van der Waals surface area contributed by atoms with E-state index in [9.17, 15) is 0 Å². The van der Waals surface area contributed by atoms with Gasteiger partial charge in [0.2, 0.25) is 0 Å². The van der Waals surface area contributed by atoms with E-state index in [-0.39, 0.29) is 12.4 Å². The summed E-state index contributed by atoms with van der Waals surface area (Å²) in [5.74, 6) is 2.45. The van der Waals surface area contributed by atoms with Crippen LogP contribution in [0.5, 0.6) is 0 Å². The van der Waals surface area contributed by atoms with Gasteiger partial charge >= 0.3 is 0 Å². The third-order valence-corrected chi connectivity index (χ3v) is 12.4. The van der Waals surface area contributed by atoms with Crippen LogP contribution in [0.1, 0.15) is 255 Å². The third-order valence-electron chi connectivity index (χ3n) is 12.4. The minimum Gasteiger partial charge on any atom is -1.00 e. The molecular weight excluding hydrogens is 676 g/mol. The van der Waals surface area contributed by atoms with Crippen molar-refractivity contribution in [2.24, 2.45) is 0 Å². The summed E-state index contributed by atoms with van der Waals surface area (Å²) in [7, 11) is 0. The van der Waals surface area contributed by atoms with Crippen molar-refractivity contribution >= 4 is 0 Å². The van der Waals surface area contributed by atoms with Gasteiger partial charge in [0.1, 0.15) is 23.8 Å². The zero-order chi connectivity index (χ0) is 38.3. The Bertz CT molecular complexity index is 1160. The van der Waals surface area contributed by atoms with E-state index in [0.29, 0.717) is 23.7 Å². The number of hydrogen-bond donors (Lipinski definition) is 0. The van der Waals surface area contributed by atoms with Gasteiger partial charge in [-0.3, -0.25) is 0 Å². The second-order valence-corrected chi connectivity index (χ2v) is 16.7. The van der Waals surface area contributed by atoms with Crippen LogP contribution in [0.15, 0.2) is 55.1 Å². The molecule has 0 radical (unpaired) electrons. The largest absolute Gasteiger partial charge is 1.00 e. The first-order valence-corrected chi connectivity index (χ1v) is 23.4. The van der Waals surface area contributed by atoms with Crippen molar-refractivity contribution in [3.05, 3.63) is 77.4 Å². The maximum Gasteiger partial charge on any atom is 0.254 e. The molecule has 0 N–H and O–H groups in total. The summed E-state index contributed by atoms with van der Waals surface area (Å²) in [5, 5.41) is 0. The van der Waals surface area contributed by atoms with Crippen molar-refractivity contribution in [1.82, 2.24) is 4.57 Å². The number of nitrogens with zero attached hydrogens (tertiary/aromatic N) is 2. The SMILES string of the molecule is CCCCC(CCCC)c1cccc(C(CCCC)CCCC)c1-n1cc[n+](-c2c(C(CCCC)CCCC)cccc2C(CCCC)CCCC)c1.[Cl-]. The van der Waals surface area contributed by atoms with E-state index in [1.807, 2.05) is 0 Å². The molecular formula is C51H85ClN2. The molecule has 0 bridgehead atoms. The highest BCUT2D eigenvalue weighted by Gasteiger charge is 2.29. The van der Waals surface area contributed by atoms with E-state index in [1.165, 1.54) is 165 Å². The van der Waals surface area contributed by atoms with Crippen molar-refractivity contribution in [2.45, 2.75) is 233 Å². The summed E-state index contributed by atoms with van der Waals surface area (Å²) in [6.07, 6.45) is 38.4. The Balaban J connectivity index is 0.0000101. The highest BCUT2D eigenvalue weighted by molar-refractivity contribution is 5.52. The fourth-order valence-corrected chi connectivity index (χ4v) is 9.12. The smallest absolute Gasteiger partial charge is 0.254 e. The van der Waals surface area contributed by atoms with Crippen LogP contribution in [0.3, 0.4) is 0 Å². The maximum absolute atomic E-state index is 2.60. The van der Waals surface area contributed by atoms with Gasteiger partial charge in [0, 0.05) is 22.3 Å². The predicted octanol–water partition coefficient (Wildman–Crippen LogP) is 13.6. The molecule has 0 spiro atoms. The summed E-state index contributed by atoms with van der Waals surface area (Å²) in [6.45, 7) is 18.9. The second-order valence-electron chi connectivity index (χ2n) is 16.7. The molecule has 0 saturated carbocycles. The van der Waals surface area contributed by atoms with E-state index in [4.69, 9.17) is 0 Å². The Morgan fingerprint density at radius 3 is 1.00 bits per heavy atom. The molecule has 0 aliphatic carbocycles. The van der Waals surface area contributed by atoms with Crippen molar-refractivity contribution in [1.29, 1.82) is 0 Å². The molecule has 0 aliphatic rings. The molecule has 0 saturated heterocycles. The van der Waals surface area contributed by atoms with Crippen LogP contribution in [0, 0.1) is 0 Å². The summed E-state index contributed by atoms with van der Waals surface area (Å²) < 4.78 is 5.20. The number of benzene rings is 2.